The predicted octanol–water partition coefficient (Wildman–Crippen LogP) is 2.60. The van der Waals surface area contributed by atoms with E-state index >= 15 is 0 Å². The number of hydrogen-bond donors (Lipinski definition) is 1. The molecule has 0 radical (unpaired) electrons. The third-order valence-corrected chi connectivity index (χ3v) is 4.72. The molecule has 1 saturated heterocycles. The van der Waals surface area contributed by atoms with E-state index in [1.54, 1.807) is 43.3 Å². The molecule has 0 unspecified atom stereocenters. The molecule has 1 aromatic heterocycles. The van der Waals surface area contributed by atoms with Gasteiger partial charge in [0.05, 0.1) is 13.2 Å². The third kappa shape index (κ3) is 2.99. The van der Waals surface area contributed by atoms with Gasteiger partial charge in [-0.05, 0) is 49.6 Å². The van der Waals surface area contributed by atoms with E-state index in [1.165, 1.54) is 0 Å². The molecule has 1 aliphatic rings. The molecule has 0 saturated carbocycles. The van der Waals surface area contributed by atoms with Crippen molar-refractivity contribution in [2.24, 2.45) is 0 Å². The number of aromatic nitrogens is 1. The molecule has 1 amide bonds. The van der Waals surface area contributed by atoms with Crippen LogP contribution < -0.4 is 4.74 Å². The zero-order valence-electron chi connectivity index (χ0n) is 14.0. The molecule has 1 N–H and O–H groups in total. The molecule has 0 aliphatic carbocycles. The van der Waals surface area contributed by atoms with Crippen molar-refractivity contribution in [3.8, 4) is 5.75 Å². The van der Waals surface area contributed by atoms with Gasteiger partial charge in [-0.3, -0.25) is 9.78 Å². The summed E-state index contributed by atoms with van der Waals surface area (Å²) in [6.45, 7) is 2.40. The van der Waals surface area contributed by atoms with E-state index in [9.17, 15) is 9.90 Å². The average molecular weight is 326 g/mol. The first-order chi connectivity index (χ1) is 11.5. The molecule has 2 heterocycles. The van der Waals surface area contributed by atoms with Crippen LogP contribution in [0.5, 0.6) is 5.75 Å². The molecule has 0 spiro atoms. The maximum atomic E-state index is 12.8. The number of likely N-dealkylation sites (tertiary alicyclic amines) is 1. The van der Waals surface area contributed by atoms with Crippen LogP contribution in [-0.4, -0.2) is 40.6 Å². The summed E-state index contributed by atoms with van der Waals surface area (Å²) in [6, 6.07) is 12.4. The lowest BCUT2D eigenvalue weighted by Gasteiger charge is -2.36. The highest BCUT2D eigenvalue weighted by molar-refractivity contribution is 5.92. The largest absolute Gasteiger partial charge is 0.497 e. The Morgan fingerprint density at radius 1 is 1.29 bits per heavy atom. The van der Waals surface area contributed by atoms with Gasteiger partial charge >= 0.3 is 0 Å². The molecule has 2 atom stereocenters. The minimum atomic E-state index is -1.13. The number of hydrogen-bond acceptors (Lipinski definition) is 4. The fourth-order valence-corrected chi connectivity index (χ4v) is 3.35. The highest BCUT2D eigenvalue weighted by Crippen LogP contribution is 2.35. The van der Waals surface area contributed by atoms with Crippen molar-refractivity contribution in [1.29, 1.82) is 0 Å². The smallest absolute Gasteiger partial charge is 0.272 e. The van der Waals surface area contributed by atoms with Crippen LogP contribution in [0.15, 0.2) is 48.7 Å². The number of amides is 1. The predicted molar refractivity (Wildman–Crippen MR) is 90.9 cm³/mol. The van der Waals surface area contributed by atoms with Gasteiger partial charge in [-0.25, -0.2) is 0 Å². The summed E-state index contributed by atoms with van der Waals surface area (Å²) in [6.07, 6.45) is 3.24. The molecule has 126 valence electrons. The van der Waals surface area contributed by atoms with E-state index in [0.29, 0.717) is 12.2 Å². The van der Waals surface area contributed by atoms with Crippen LogP contribution in [0.1, 0.15) is 35.8 Å². The van der Waals surface area contributed by atoms with E-state index in [0.717, 1.165) is 24.2 Å². The fraction of sp³-hybridized carbons (Fsp3) is 0.368. The average Bonchev–Trinajstić information content (AvgIpc) is 3.12. The summed E-state index contributed by atoms with van der Waals surface area (Å²) >= 11 is 0. The monoisotopic (exact) mass is 326 g/mol. The number of rotatable bonds is 4. The number of aliphatic hydroxyl groups is 1. The maximum Gasteiger partial charge on any atom is 0.272 e. The van der Waals surface area contributed by atoms with Crippen molar-refractivity contribution in [1.82, 2.24) is 9.88 Å². The molecule has 5 heteroatoms. The summed E-state index contributed by atoms with van der Waals surface area (Å²) in [7, 11) is 1.61. The van der Waals surface area contributed by atoms with Crippen LogP contribution in [0, 0.1) is 0 Å². The Morgan fingerprint density at radius 2 is 2.04 bits per heavy atom. The molecule has 0 bridgehead atoms. The van der Waals surface area contributed by atoms with Crippen molar-refractivity contribution >= 4 is 5.91 Å². The highest BCUT2D eigenvalue weighted by Gasteiger charge is 2.43. The number of carbonyl (C=O) groups is 1. The highest BCUT2D eigenvalue weighted by atomic mass is 16.5. The van der Waals surface area contributed by atoms with Gasteiger partial charge in [0.25, 0.3) is 5.91 Å². The summed E-state index contributed by atoms with van der Waals surface area (Å²) < 4.78 is 5.17. The zero-order valence-corrected chi connectivity index (χ0v) is 14.0. The summed E-state index contributed by atoms with van der Waals surface area (Å²) in [5.41, 5.74) is 0.0525. The van der Waals surface area contributed by atoms with Gasteiger partial charge in [0.15, 0.2) is 0 Å². The Morgan fingerprint density at radius 3 is 2.67 bits per heavy atom. The molecule has 24 heavy (non-hydrogen) atoms. The fourth-order valence-electron chi connectivity index (χ4n) is 3.35. The van der Waals surface area contributed by atoms with Gasteiger partial charge in [-0.1, -0.05) is 18.2 Å². The SMILES string of the molecule is COc1ccc([C@@](C)(O)[C@H]2CCCN2C(=O)c2ccccn2)cc1. The molecule has 1 fully saturated rings. The van der Waals surface area contributed by atoms with Crippen LogP contribution in [0.25, 0.3) is 0 Å². The van der Waals surface area contributed by atoms with Gasteiger partial charge in [0.1, 0.15) is 17.0 Å². The van der Waals surface area contributed by atoms with Crippen molar-refractivity contribution in [2.75, 3.05) is 13.7 Å². The van der Waals surface area contributed by atoms with Crippen molar-refractivity contribution in [3.05, 3.63) is 59.9 Å². The van der Waals surface area contributed by atoms with E-state index in [4.69, 9.17) is 4.74 Å². The first-order valence-corrected chi connectivity index (χ1v) is 8.13. The van der Waals surface area contributed by atoms with E-state index in [1.807, 2.05) is 24.3 Å². The van der Waals surface area contributed by atoms with E-state index in [-0.39, 0.29) is 11.9 Å². The number of carbonyl (C=O) groups excluding carboxylic acids is 1. The lowest BCUT2D eigenvalue weighted by Crippen LogP contribution is -2.48. The second-order valence-electron chi connectivity index (χ2n) is 6.25. The van der Waals surface area contributed by atoms with E-state index < -0.39 is 5.60 Å². The third-order valence-electron chi connectivity index (χ3n) is 4.72. The minimum Gasteiger partial charge on any atom is -0.497 e. The van der Waals surface area contributed by atoms with Crippen LogP contribution >= 0.6 is 0 Å². The lowest BCUT2D eigenvalue weighted by atomic mass is 9.86. The Hall–Kier alpha value is -2.40. The van der Waals surface area contributed by atoms with Crippen LogP contribution in [0.3, 0.4) is 0 Å². The zero-order chi connectivity index (χ0) is 17.2. The molecule has 1 aliphatic heterocycles. The molecular formula is C19H22N2O3. The standard InChI is InChI=1S/C19H22N2O3/c1-19(23,14-8-10-15(24-2)11-9-14)17-7-5-13-21(17)18(22)16-6-3-4-12-20-16/h3-4,6,8-12,17,23H,5,7,13H2,1-2H3/t17-,19-/m1/s1. The summed E-state index contributed by atoms with van der Waals surface area (Å²) in [5, 5.41) is 11.2. The number of benzene rings is 1. The second-order valence-corrected chi connectivity index (χ2v) is 6.25. The first-order valence-electron chi connectivity index (χ1n) is 8.13. The number of pyridine rings is 1. The molecular weight excluding hydrogens is 304 g/mol. The Bertz CT molecular complexity index is 698. The summed E-state index contributed by atoms with van der Waals surface area (Å²) in [5.74, 6) is 0.606. The Kier molecular flexibility index (Phi) is 4.53. The molecule has 1 aromatic carbocycles. The van der Waals surface area contributed by atoms with Gasteiger partial charge in [0, 0.05) is 12.7 Å². The van der Waals surface area contributed by atoms with Gasteiger partial charge in [-0.15, -0.1) is 0 Å². The van der Waals surface area contributed by atoms with Crippen LogP contribution in [0.4, 0.5) is 0 Å². The van der Waals surface area contributed by atoms with Crippen molar-refractivity contribution in [3.63, 3.8) is 0 Å². The topological polar surface area (TPSA) is 62.7 Å². The van der Waals surface area contributed by atoms with Gasteiger partial charge < -0.3 is 14.7 Å². The van der Waals surface area contributed by atoms with Crippen LogP contribution in [-0.2, 0) is 5.60 Å². The first kappa shape index (κ1) is 16.5. The molecule has 2 aromatic rings. The number of methoxy groups -OCH3 is 1. The van der Waals surface area contributed by atoms with Crippen molar-refractivity contribution in [2.45, 2.75) is 31.4 Å². The maximum absolute atomic E-state index is 12.8. The normalized spacial score (nSPS) is 19.8. The van der Waals surface area contributed by atoms with Crippen LogP contribution in [0.2, 0.25) is 0 Å². The lowest BCUT2D eigenvalue weighted by molar-refractivity contribution is -0.0179. The van der Waals surface area contributed by atoms with Gasteiger partial charge in [-0.2, -0.15) is 0 Å². The Labute approximate surface area is 141 Å². The number of ether oxygens (including phenoxy) is 1. The Balaban J connectivity index is 1.87. The quantitative estimate of drug-likeness (QED) is 0.938. The second kappa shape index (κ2) is 6.61. The van der Waals surface area contributed by atoms with Crippen molar-refractivity contribution < 1.29 is 14.6 Å². The number of nitrogens with zero attached hydrogens (tertiary/aromatic N) is 2. The summed E-state index contributed by atoms with van der Waals surface area (Å²) in [4.78, 5) is 18.7. The molecule has 5 nitrogen and oxygen atoms in total. The van der Waals surface area contributed by atoms with E-state index in [2.05, 4.69) is 4.98 Å². The molecule has 3 rings (SSSR count). The van der Waals surface area contributed by atoms with Gasteiger partial charge in [0.2, 0.25) is 0 Å². The minimum absolute atomic E-state index is 0.133.